The van der Waals surface area contributed by atoms with Gasteiger partial charge in [-0.2, -0.15) is 5.10 Å². The molecule has 0 fully saturated rings. The van der Waals surface area contributed by atoms with Crippen LogP contribution in [0.25, 0.3) is 0 Å². The summed E-state index contributed by atoms with van der Waals surface area (Å²) in [5.41, 5.74) is -0.990. The Hall–Kier alpha value is -2.93. The summed E-state index contributed by atoms with van der Waals surface area (Å²) >= 11 is 6.00. The van der Waals surface area contributed by atoms with E-state index in [0.29, 0.717) is 11.5 Å². The predicted octanol–water partition coefficient (Wildman–Crippen LogP) is 4.02. The fraction of sp³-hybridized carbons (Fsp3) is 0.111. The third kappa shape index (κ3) is 3.67. The van der Waals surface area contributed by atoms with E-state index in [4.69, 9.17) is 21.1 Å². The van der Waals surface area contributed by atoms with Gasteiger partial charge < -0.3 is 9.47 Å². The van der Waals surface area contributed by atoms with Crippen LogP contribution in [0.3, 0.4) is 0 Å². The van der Waals surface area contributed by atoms with Crippen molar-refractivity contribution in [3.8, 4) is 17.2 Å². The predicted molar refractivity (Wildman–Crippen MR) is 92.0 cm³/mol. The molecule has 26 heavy (non-hydrogen) atoms. The molecule has 0 unspecified atom stereocenters. The average Bonchev–Trinajstić information content (AvgIpc) is 2.64. The Bertz CT molecular complexity index is 970. The molecular weight excluding hydrogens is 366 g/mol. The first kappa shape index (κ1) is 17.9. The SMILES string of the molecule is COc1ccc(Oc2c(Cl)cnn(Cc3c(F)cccc3F)c2=O)cc1. The molecule has 0 aliphatic rings. The van der Waals surface area contributed by atoms with Crippen molar-refractivity contribution in [3.05, 3.63) is 81.2 Å². The Morgan fingerprint density at radius 2 is 1.69 bits per heavy atom. The van der Waals surface area contributed by atoms with Crippen LogP contribution in [-0.4, -0.2) is 16.9 Å². The molecule has 8 heteroatoms. The van der Waals surface area contributed by atoms with Gasteiger partial charge in [-0.15, -0.1) is 0 Å². The van der Waals surface area contributed by atoms with E-state index in [0.717, 1.165) is 16.8 Å². The maximum Gasteiger partial charge on any atom is 0.311 e. The highest BCUT2D eigenvalue weighted by Gasteiger charge is 2.16. The van der Waals surface area contributed by atoms with Crippen LogP contribution in [0.5, 0.6) is 17.2 Å². The number of benzene rings is 2. The first-order valence-corrected chi connectivity index (χ1v) is 7.88. The number of hydrogen-bond donors (Lipinski definition) is 0. The zero-order chi connectivity index (χ0) is 18.7. The second-order valence-corrected chi connectivity index (χ2v) is 5.67. The summed E-state index contributed by atoms with van der Waals surface area (Å²) in [4.78, 5) is 12.6. The van der Waals surface area contributed by atoms with E-state index in [1.807, 2.05) is 0 Å². The van der Waals surface area contributed by atoms with Gasteiger partial charge in [0.25, 0.3) is 0 Å². The molecule has 5 nitrogen and oxygen atoms in total. The Balaban J connectivity index is 1.94. The van der Waals surface area contributed by atoms with E-state index < -0.39 is 23.7 Å². The van der Waals surface area contributed by atoms with E-state index in [1.165, 1.54) is 19.4 Å². The molecule has 1 aromatic heterocycles. The van der Waals surface area contributed by atoms with Crippen LogP contribution in [0.2, 0.25) is 5.02 Å². The highest BCUT2D eigenvalue weighted by molar-refractivity contribution is 6.31. The average molecular weight is 379 g/mol. The van der Waals surface area contributed by atoms with Crippen LogP contribution in [-0.2, 0) is 6.54 Å². The largest absolute Gasteiger partial charge is 0.497 e. The molecular formula is C18H13ClF2N2O3. The van der Waals surface area contributed by atoms with Gasteiger partial charge in [0.15, 0.2) is 0 Å². The summed E-state index contributed by atoms with van der Waals surface area (Å²) < 4.78 is 39.1. The molecule has 1 heterocycles. The maximum atomic E-state index is 13.8. The van der Waals surface area contributed by atoms with E-state index in [-0.39, 0.29) is 16.3 Å². The van der Waals surface area contributed by atoms with Crippen LogP contribution < -0.4 is 15.0 Å². The number of halogens is 3. The molecule has 3 rings (SSSR count). The summed E-state index contributed by atoms with van der Waals surface area (Å²) in [7, 11) is 1.52. The Morgan fingerprint density at radius 1 is 1.08 bits per heavy atom. The van der Waals surface area contributed by atoms with E-state index in [1.54, 1.807) is 24.3 Å². The normalized spacial score (nSPS) is 10.6. The molecule has 3 aromatic rings. The Labute approximate surface area is 152 Å². The Kier molecular flexibility index (Phi) is 5.18. The molecule has 0 radical (unpaired) electrons. The lowest BCUT2D eigenvalue weighted by Crippen LogP contribution is -2.25. The van der Waals surface area contributed by atoms with Crippen LogP contribution in [0.15, 0.2) is 53.5 Å². The standard InChI is InChI=1S/C18H13ClF2N2O3/c1-25-11-5-7-12(8-6-11)26-17-14(19)9-22-23(18(17)24)10-13-15(20)3-2-4-16(13)21/h2-9H,10H2,1H3. The third-order valence-corrected chi connectivity index (χ3v) is 3.87. The van der Waals surface area contributed by atoms with Crippen molar-refractivity contribution in [3.63, 3.8) is 0 Å². The molecule has 0 amide bonds. The minimum absolute atomic E-state index is 0.0175. The van der Waals surface area contributed by atoms with Gasteiger partial charge in [0.05, 0.1) is 19.9 Å². The number of ether oxygens (including phenoxy) is 2. The van der Waals surface area contributed by atoms with Crippen molar-refractivity contribution in [2.75, 3.05) is 7.11 Å². The van der Waals surface area contributed by atoms with Gasteiger partial charge in [-0.05, 0) is 36.4 Å². The second-order valence-electron chi connectivity index (χ2n) is 5.26. The van der Waals surface area contributed by atoms with Gasteiger partial charge >= 0.3 is 5.56 Å². The van der Waals surface area contributed by atoms with Gasteiger partial charge in [0.1, 0.15) is 28.2 Å². The summed E-state index contributed by atoms with van der Waals surface area (Å²) in [6, 6.07) is 9.94. The molecule has 0 aliphatic heterocycles. The molecule has 0 saturated carbocycles. The van der Waals surface area contributed by atoms with Gasteiger partial charge in [0, 0.05) is 5.56 Å². The van der Waals surface area contributed by atoms with Crippen LogP contribution in [0.4, 0.5) is 8.78 Å². The van der Waals surface area contributed by atoms with Crippen molar-refractivity contribution >= 4 is 11.6 Å². The van der Waals surface area contributed by atoms with E-state index in [2.05, 4.69) is 5.10 Å². The molecule has 0 atom stereocenters. The quantitative estimate of drug-likeness (QED) is 0.672. The lowest BCUT2D eigenvalue weighted by atomic mass is 10.2. The topological polar surface area (TPSA) is 53.4 Å². The number of methoxy groups -OCH3 is 1. The molecule has 0 N–H and O–H groups in total. The molecule has 0 spiro atoms. The maximum absolute atomic E-state index is 13.8. The number of hydrogen-bond acceptors (Lipinski definition) is 4. The van der Waals surface area contributed by atoms with Crippen molar-refractivity contribution in [2.45, 2.75) is 6.54 Å². The highest BCUT2D eigenvalue weighted by Crippen LogP contribution is 2.26. The lowest BCUT2D eigenvalue weighted by molar-refractivity contribution is 0.412. The minimum Gasteiger partial charge on any atom is -0.497 e. The fourth-order valence-corrected chi connectivity index (χ4v) is 2.41. The highest BCUT2D eigenvalue weighted by atomic mass is 35.5. The van der Waals surface area contributed by atoms with Crippen molar-refractivity contribution in [1.82, 2.24) is 9.78 Å². The number of nitrogens with zero attached hydrogens (tertiary/aromatic N) is 2. The smallest absolute Gasteiger partial charge is 0.311 e. The van der Waals surface area contributed by atoms with Crippen molar-refractivity contribution in [2.24, 2.45) is 0 Å². The molecule has 134 valence electrons. The zero-order valence-corrected chi connectivity index (χ0v) is 14.3. The monoisotopic (exact) mass is 378 g/mol. The van der Waals surface area contributed by atoms with Crippen LogP contribution in [0, 0.1) is 11.6 Å². The summed E-state index contributed by atoms with van der Waals surface area (Å²) in [6.45, 7) is -0.395. The summed E-state index contributed by atoms with van der Waals surface area (Å²) in [5.74, 6) is -0.772. The first-order chi connectivity index (χ1) is 12.5. The fourth-order valence-electron chi connectivity index (χ4n) is 2.25. The molecule has 0 saturated heterocycles. The van der Waals surface area contributed by atoms with Gasteiger partial charge in [-0.3, -0.25) is 4.79 Å². The van der Waals surface area contributed by atoms with Crippen molar-refractivity contribution in [1.29, 1.82) is 0 Å². The van der Waals surface area contributed by atoms with E-state index in [9.17, 15) is 13.6 Å². The number of rotatable bonds is 5. The zero-order valence-electron chi connectivity index (χ0n) is 13.6. The van der Waals surface area contributed by atoms with E-state index >= 15 is 0 Å². The summed E-state index contributed by atoms with van der Waals surface area (Å²) in [6.07, 6.45) is 1.18. The molecule has 2 aromatic carbocycles. The van der Waals surface area contributed by atoms with Crippen molar-refractivity contribution < 1.29 is 18.3 Å². The molecule has 0 bridgehead atoms. The molecule has 0 aliphatic carbocycles. The third-order valence-electron chi connectivity index (χ3n) is 3.60. The summed E-state index contributed by atoms with van der Waals surface area (Å²) in [5, 5.41) is 3.81. The van der Waals surface area contributed by atoms with Gasteiger partial charge in [0.2, 0.25) is 5.75 Å². The lowest BCUT2D eigenvalue weighted by Gasteiger charge is -2.11. The van der Waals surface area contributed by atoms with Crippen LogP contribution >= 0.6 is 11.6 Å². The van der Waals surface area contributed by atoms with Crippen LogP contribution in [0.1, 0.15) is 5.56 Å². The van der Waals surface area contributed by atoms with Gasteiger partial charge in [-0.25, -0.2) is 13.5 Å². The first-order valence-electron chi connectivity index (χ1n) is 7.50. The number of aromatic nitrogens is 2. The second kappa shape index (κ2) is 7.53. The Morgan fingerprint density at radius 3 is 2.31 bits per heavy atom. The minimum atomic E-state index is -0.772. The van der Waals surface area contributed by atoms with Gasteiger partial charge in [-0.1, -0.05) is 17.7 Å².